The fourth-order valence-electron chi connectivity index (χ4n) is 5.13. The van der Waals surface area contributed by atoms with E-state index < -0.39 is 0 Å². The van der Waals surface area contributed by atoms with Crippen molar-refractivity contribution in [2.45, 2.75) is 65.0 Å². The normalized spacial score (nSPS) is 44.7. The number of nitrogens with zero attached hydrogens (tertiary/aromatic N) is 1. The van der Waals surface area contributed by atoms with Crippen LogP contribution in [-0.2, 0) is 0 Å². The molecular formula is C16H30N2. The van der Waals surface area contributed by atoms with Gasteiger partial charge in [-0.15, -0.1) is 0 Å². The monoisotopic (exact) mass is 250 g/mol. The molecule has 0 aromatic rings. The van der Waals surface area contributed by atoms with Crippen LogP contribution in [0.2, 0.25) is 0 Å². The average molecular weight is 250 g/mol. The summed E-state index contributed by atoms with van der Waals surface area (Å²) >= 11 is 0. The molecule has 1 heterocycles. The van der Waals surface area contributed by atoms with Crippen LogP contribution in [0.1, 0.15) is 52.9 Å². The zero-order valence-corrected chi connectivity index (χ0v) is 12.6. The second-order valence-corrected chi connectivity index (χ2v) is 8.09. The van der Waals surface area contributed by atoms with Gasteiger partial charge in [-0.1, -0.05) is 20.8 Å². The Balaban J connectivity index is 1.68. The third-order valence-corrected chi connectivity index (χ3v) is 6.39. The predicted molar refractivity (Wildman–Crippen MR) is 76.7 cm³/mol. The molecule has 1 aliphatic heterocycles. The van der Waals surface area contributed by atoms with Crippen LogP contribution >= 0.6 is 0 Å². The fourth-order valence-corrected chi connectivity index (χ4v) is 5.13. The molecule has 3 rings (SSSR count). The lowest BCUT2D eigenvalue weighted by Crippen LogP contribution is -2.55. The second-order valence-electron chi connectivity index (χ2n) is 8.09. The van der Waals surface area contributed by atoms with Gasteiger partial charge in [-0.2, -0.15) is 0 Å². The number of fused-ring (bicyclic) bond motifs is 2. The molecule has 2 nitrogen and oxygen atoms in total. The highest BCUT2D eigenvalue weighted by molar-refractivity contribution is 5.12. The van der Waals surface area contributed by atoms with Crippen LogP contribution in [0.25, 0.3) is 0 Å². The summed E-state index contributed by atoms with van der Waals surface area (Å²) in [5, 5.41) is 4.07. The van der Waals surface area contributed by atoms with Crippen LogP contribution < -0.4 is 5.32 Å². The minimum Gasteiger partial charge on any atom is -0.310 e. The van der Waals surface area contributed by atoms with Crippen LogP contribution in [0, 0.1) is 16.7 Å². The van der Waals surface area contributed by atoms with Crippen molar-refractivity contribution in [3.63, 3.8) is 0 Å². The number of rotatable bonds is 2. The molecule has 0 aromatic carbocycles. The summed E-state index contributed by atoms with van der Waals surface area (Å²) in [7, 11) is 2.25. The van der Waals surface area contributed by atoms with E-state index in [2.05, 4.69) is 38.0 Å². The van der Waals surface area contributed by atoms with Gasteiger partial charge in [0.15, 0.2) is 0 Å². The predicted octanol–water partition coefficient (Wildman–Crippen LogP) is 2.89. The van der Waals surface area contributed by atoms with E-state index in [-0.39, 0.29) is 0 Å². The summed E-state index contributed by atoms with van der Waals surface area (Å²) < 4.78 is 0. The minimum absolute atomic E-state index is 0.510. The van der Waals surface area contributed by atoms with E-state index in [1.165, 1.54) is 45.2 Å². The van der Waals surface area contributed by atoms with E-state index in [4.69, 9.17) is 0 Å². The van der Waals surface area contributed by atoms with Crippen molar-refractivity contribution in [2.75, 3.05) is 20.1 Å². The summed E-state index contributed by atoms with van der Waals surface area (Å²) in [6.07, 6.45) is 7.05. The van der Waals surface area contributed by atoms with E-state index in [9.17, 15) is 0 Å². The molecule has 3 atom stereocenters. The van der Waals surface area contributed by atoms with Gasteiger partial charge in [0.1, 0.15) is 0 Å². The Morgan fingerprint density at radius 3 is 2.28 bits per heavy atom. The quantitative estimate of drug-likeness (QED) is 0.811. The van der Waals surface area contributed by atoms with Crippen LogP contribution in [0.5, 0.6) is 0 Å². The van der Waals surface area contributed by atoms with Gasteiger partial charge in [0.2, 0.25) is 0 Å². The lowest BCUT2D eigenvalue weighted by Gasteiger charge is -2.46. The van der Waals surface area contributed by atoms with E-state index in [1.807, 2.05) is 0 Å². The van der Waals surface area contributed by atoms with E-state index in [0.29, 0.717) is 10.8 Å². The summed E-state index contributed by atoms with van der Waals surface area (Å²) in [5.41, 5.74) is 1.09. The number of hydrogen-bond donors (Lipinski definition) is 1. The maximum Gasteiger partial charge on any atom is 0.0177 e. The molecule has 0 spiro atoms. The first kappa shape index (κ1) is 12.9. The molecule has 0 aromatic heterocycles. The summed E-state index contributed by atoms with van der Waals surface area (Å²) in [6, 6.07) is 1.51. The molecule has 0 radical (unpaired) electrons. The van der Waals surface area contributed by atoms with E-state index in [1.54, 1.807) is 0 Å². The molecule has 1 saturated heterocycles. The molecule has 2 heteroatoms. The van der Waals surface area contributed by atoms with Gasteiger partial charge in [0, 0.05) is 12.1 Å². The van der Waals surface area contributed by atoms with Gasteiger partial charge < -0.3 is 10.2 Å². The van der Waals surface area contributed by atoms with E-state index in [0.717, 1.165) is 18.0 Å². The Bertz CT molecular complexity index is 312. The van der Waals surface area contributed by atoms with E-state index >= 15 is 0 Å². The van der Waals surface area contributed by atoms with Gasteiger partial charge in [-0.25, -0.2) is 0 Å². The Labute approximate surface area is 113 Å². The number of likely N-dealkylation sites (tertiary alicyclic amines) is 1. The third kappa shape index (κ3) is 1.92. The smallest absolute Gasteiger partial charge is 0.0177 e. The third-order valence-electron chi connectivity index (χ3n) is 6.39. The molecule has 1 N–H and O–H groups in total. The fraction of sp³-hybridized carbons (Fsp3) is 1.00. The maximum atomic E-state index is 4.07. The molecular weight excluding hydrogens is 220 g/mol. The summed E-state index contributed by atoms with van der Waals surface area (Å²) in [5.74, 6) is 0.964. The molecule has 2 aliphatic carbocycles. The first-order valence-electron chi connectivity index (χ1n) is 7.86. The highest BCUT2D eigenvalue weighted by Crippen LogP contribution is 2.62. The van der Waals surface area contributed by atoms with Gasteiger partial charge in [-0.05, 0) is 69.0 Å². The standard InChI is InChI=1S/C16H30N2/c1-15(2)12-5-8-16(3,11-12)14(15)17-13-6-9-18(4)10-7-13/h12-14,17H,5-11H2,1-4H3/t12-,14?,16+/m0/s1. The minimum atomic E-state index is 0.510. The molecule has 104 valence electrons. The second kappa shape index (κ2) is 4.21. The average Bonchev–Trinajstić information content (AvgIpc) is 2.78. The van der Waals surface area contributed by atoms with Crippen LogP contribution in [-0.4, -0.2) is 37.1 Å². The number of piperidine rings is 1. The highest BCUT2D eigenvalue weighted by Gasteiger charge is 2.59. The Morgan fingerprint density at radius 2 is 1.72 bits per heavy atom. The largest absolute Gasteiger partial charge is 0.310 e. The summed E-state index contributed by atoms with van der Waals surface area (Å²) in [4.78, 5) is 2.46. The van der Waals surface area contributed by atoms with Crippen LogP contribution in [0.4, 0.5) is 0 Å². The van der Waals surface area contributed by atoms with Crippen molar-refractivity contribution in [2.24, 2.45) is 16.7 Å². The van der Waals surface area contributed by atoms with Gasteiger partial charge in [0.05, 0.1) is 0 Å². The number of nitrogens with one attached hydrogen (secondary N) is 1. The molecule has 2 bridgehead atoms. The van der Waals surface area contributed by atoms with Crippen molar-refractivity contribution in [3.05, 3.63) is 0 Å². The van der Waals surface area contributed by atoms with Gasteiger partial charge in [-0.3, -0.25) is 0 Å². The van der Waals surface area contributed by atoms with Crippen molar-refractivity contribution < 1.29 is 0 Å². The lowest BCUT2D eigenvalue weighted by atomic mass is 9.68. The zero-order chi connectivity index (χ0) is 13.0. The van der Waals surface area contributed by atoms with Crippen LogP contribution in [0.3, 0.4) is 0 Å². The molecule has 3 aliphatic rings. The molecule has 2 saturated carbocycles. The maximum absolute atomic E-state index is 4.07. The summed E-state index contributed by atoms with van der Waals surface area (Å²) in [6.45, 7) is 10.1. The Hall–Kier alpha value is -0.0800. The van der Waals surface area contributed by atoms with Crippen LogP contribution in [0.15, 0.2) is 0 Å². The topological polar surface area (TPSA) is 15.3 Å². The molecule has 18 heavy (non-hydrogen) atoms. The van der Waals surface area contributed by atoms with Gasteiger partial charge >= 0.3 is 0 Å². The van der Waals surface area contributed by atoms with Crippen molar-refractivity contribution >= 4 is 0 Å². The molecule has 1 unspecified atom stereocenters. The number of hydrogen-bond acceptors (Lipinski definition) is 2. The van der Waals surface area contributed by atoms with Gasteiger partial charge in [0.25, 0.3) is 0 Å². The SMILES string of the molecule is CN1CCC(NC2C(C)(C)[C@H]3CC[C@]2(C)C3)CC1. The Morgan fingerprint density at radius 1 is 1.06 bits per heavy atom. The van der Waals surface area contributed by atoms with Crippen molar-refractivity contribution in [1.82, 2.24) is 10.2 Å². The van der Waals surface area contributed by atoms with Crippen molar-refractivity contribution in [3.8, 4) is 0 Å². The lowest BCUT2D eigenvalue weighted by molar-refractivity contribution is 0.0863. The Kier molecular flexibility index (Phi) is 3.02. The van der Waals surface area contributed by atoms with Crippen molar-refractivity contribution in [1.29, 1.82) is 0 Å². The molecule has 0 amide bonds. The molecule has 3 fully saturated rings. The highest BCUT2D eigenvalue weighted by atomic mass is 15.1. The zero-order valence-electron chi connectivity index (χ0n) is 12.6. The first-order valence-corrected chi connectivity index (χ1v) is 7.86. The first-order chi connectivity index (χ1) is 8.42.